The fourth-order valence-electron chi connectivity index (χ4n) is 3.08. The van der Waals surface area contributed by atoms with Crippen LogP contribution in [0.5, 0.6) is 0 Å². The van der Waals surface area contributed by atoms with Crippen LogP contribution in [0.25, 0.3) is 10.9 Å². The normalized spacial score (nSPS) is 18.0. The van der Waals surface area contributed by atoms with Crippen LogP contribution < -0.4 is 5.32 Å². The molecule has 1 N–H and O–H groups in total. The number of nitrogens with zero attached hydrogens (tertiary/aromatic N) is 1. The maximum absolute atomic E-state index is 5.50. The minimum atomic E-state index is 0.290. The lowest BCUT2D eigenvalue weighted by molar-refractivity contribution is 0.0532. The van der Waals surface area contributed by atoms with Gasteiger partial charge in [0.2, 0.25) is 0 Å². The Morgan fingerprint density at radius 3 is 2.86 bits per heavy atom. The predicted molar refractivity (Wildman–Crippen MR) is 89.4 cm³/mol. The Morgan fingerprint density at radius 2 is 2.10 bits per heavy atom. The van der Waals surface area contributed by atoms with Crippen LogP contribution in [0.1, 0.15) is 31.5 Å². The quantitative estimate of drug-likeness (QED) is 0.903. The number of hydrogen-bond donors (Lipinski definition) is 1. The number of halogens is 1. The van der Waals surface area contributed by atoms with Gasteiger partial charge in [-0.3, -0.25) is 0 Å². The number of aromatic nitrogens is 1. The lowest BCUT2D eigenvalue weighted by atomic mass is 9.89. The van der Waals surface area contributed by atoms with Gasteiger partial charge in [0.25, 0.3) is 0 Å². The molecule has 3 rings (SSSR count). The molecule has 1 aliphatic rings. The summed E-state index contributed by atoms with van der Waals surface area (Å²) in [7, 11) is 0. The molecule has 1 aromatic carbocycles. The summed E-state index contributed by atoms with van der Waals surface area (Å²) in [5.41, 5.74) is 2.19. The van der Waals surface area contributed by atoms with E-state index in [1.54, 1.807) is 0 Å². The molecule has 2 heterocycles. The highest BCUT2D eigenvalue weighted by atomic mass is 79.9. The molecule has 0 saturated carbocycles. The van der Waals surface area contributed by atoms with Crippen LogP contribution in [0.15, 0.2) is 34.8 Å². The first-order valence-electron chi connectivity index (χ1n) is 7.66. The van der Waals surface area contributed by atoms with Gasteiger partial charge >= 0.3 is 0 Å². The smallest absolute Gasteiger partial charge is 0.0725 e. The fraction of sp³-hybridized carbons (Fsp3) is 0.471. The van der Waals surface area contributed by atoms with Gasteiger partial charge in [0, 0.05) is 23.1 Å². The van der Waals surface area contributed by atoms with Crippen LogP contribution in [0.3, 0.4) is 0 Å². The van der Waals surface area contributed by atoms with E-state index in [1.807, 2.05) is 6.07 Å². The van der Waals surface area contributed by atoms with Crippen LogP contribution >= 0.6 is 15.9 Å². The van der Waals surface area contributed by atoms with Gasteiger partial charge in [-0.1, -0.05) is 25.1 Å². The maximum atomic E-state index is 5.50. The molecule has 0 bridgehead atoms. The van der Waals surface area contributed by atoms with E-state index < -0.39 is 0 Å². The summed E-state index contributed by atoms with van der Waals surface area (Å²) in [4.78, 5) is 4.92. The molecule has 3 nitrogen and oxygen atoms in total. The second kappa shape index (κ2) is 6.86. The van der Waals surface area contributed by atoms with Crippen LogP contribution in [-0.2, 0) is 4.74 Å². The van der Waals surface area contributed by atoms with Crippen molar-refractivity contribution in [2.45, 2.75) is 25.8 Å². The van der Waals surface area contributed by atoms with Gasteiger partial charge in [-0.25, -0.2) is 4.98 Å². The molecule has 1 unspecified atom stereocenters. The minimum absolute atomic E-state index is 0.290. The summed E-state index contributed by atoms with van der Waals surface area (Å²) >= 11 is 3.72. The molecule has 0 amide bonds. The van der Waals surface area contributed by atoms with Gasteiger partial charge in [0.1, 0.15) is 0 Å². The molecule has 1 aliphatic heterocycles. The molecule has 112 valence electrons. The van der Waals surface area contributed by atoms with E-state index in [-0.39, 0.29) is 6.04 Å². The third-order valence-electron chi connectivity index (χ3n) is 4.16. The van der Waals surface area contributed by atoms with Crippen molar-refractivity contribution in [2.24, 2.45) is 5.92 Å². The number of nitrogens with one attached hydrogen (secondary N) is 1. The van der Waals surface area contributed by atoms with Gasteiger partial charge < -0.3 is 10.1 Å². The van der Waals surface area contributed by atoms with Crippen LogP contribution in [0, 0.1) is 5.92 Å². The lowest BCUT2D eigenvalue weighted by Gasteiger charge is -2.31. The number of benzene rings is 1. The first kappa shape index (κ1) is 14.9. The zero-order valence-electron chi connectivity index (χ0n) is 12.3. The van der Waals surface area contributed by atoms with Gasteiger partial charge in [0.15, 0.2) is 0 Å². The number of rotatable bonds is 4. The zero-order valence-corrected chi connectivity index (χ0v) is 13.9. The number of para-hydroxylation sites is 1. The minimum Gasteiger partial charge on any atom is -0.381 e. The Labute approximate surface area is 134 Å². The summed E-state index contributed by atoms with van der Waals surface area (Å²) in [6, 6.07) is 10.8. The summed E-state index contributed by atoms with van der Waals surface area (Å²) in [6.07, 6.45) is 2.19. The molecular weight excluding hydrogens is 328 g/mol. The van der Waals surface area contributed by atoms with E-state index in [1.165, 1.54) is 5.39 Å². The molecule has 1 saturated heterocycles. The SMILES string of the molecule is CCNC(c1nc2ccccc2cc1Br)C1CCOCC1. The molecule has 2 aromatic rings. The Kier molecular flexibility index (Phi) is 4.88. The van der Waals surface area contributed by atoms with Crippen molar-refractivity contribution in [2.75, 3.05) is 19.8 Å². The van der Waals surface area contributed by atoms with Crippen molar-refractivity contribution in [3.63, 3.8) is 0 Å². The predicted octanol–water partition coefficient (Wildman–Crippen LogP) is 4.07. The van der Waals surface area contributed by atoms with E-state index in [0.717, 1.165) is 48.3 Å². The van der Waals surface area contributed by atoms with Gasteiger partial charge in [-0.15, -0.1) is 0 Å². The van der Waals surface area contributed by atoms with Crippen molar-refractivity contribution in [3.05, 3.63) is 40.5 Å². The number of pyridine rings is 1. The average molecular weight is 349 g/mol. The highest BCUT2D eigenvalue weighted by Gasteiger charge is 2.27. The third-order valence-corrected chi connectivity index (χ3v) is 4.80. The van der Waals surface area contributed by atoms with Crippen molar-refractivity contribution in [1.82, 2.24) is 10.3 Å². The Morgan fingerprint density at radius 1 is 1.33 bits per heavy atom. The van der Waals surface area contributed by atoms with E-state index in [0.29, 0.717) is 5.92 Å². The van der Waals surface area contributed by atoms with Crippen LogP contribution in [0.2, 0.25) is 0 Å². The molecule has 1 fully saturated rings. The highest BCUT2D eigenvalue weighted by Crippen LogP contribution is 2.34. The molecule has 0 spiro atoms. The first-order chi connectivity index (χ1) is 10.3. The van der Waals surface area contributed by atoms with Crippen molar-refractivity contribution < 1.29 is 4.74 Å². The highest BCUT2D eigenvalue weighted by molar-refractivity contribution is 9.10. The van der Waals surface area contributed by atoms with Gasteiger partial charge in [-0.2, -0.15) is 0 Å². The molecule has 1 aromatic heterocycles. The van der Waals surface area contributed by atoms with E-state index in [9.17, 15) is 0 Å². The number of fused-ring (bicyclic) bond motifs is 1. The van der Waals surface area contributed by atoms with Gasteiger partial charge in [0.05, 0.1) is 17.3 Å². The Hall–Kier alpha value is -0.970. The average Bonchev–Trinajstić information content (AvgIpc) is 2.53. The fourth-order valence-corrected chi connectivity index (χ4v) is 3.66. The summed E-state index contributed by atoms with van der Waals surface area (Å²) < 4.78 is 6.60. The third kappa shape index (κ3) is 3.28. The second-order valence-corrected chi connectivity index (χ2v) is 6.39. The molecule has 0 aliphatic carbocycles. The maximum Gasteiger partial charge on any atom is 0.0725 e. The monoisotopic (exact) mass is 348 g/mol. The molecule has 4 heteroatoms. The van der Waals surface area contributed by atoms with E-state index >= 15 is 0 Å². The number of ether oxygens (including phenoxy) is 1. The van der Waals surface area contributed by atoms with Crippen molar-refractivity contribution in [3.8, 4) is 0 Å². The Balaban J connectivity index is 1.99. The zero-order chi connectivity index (χ0) is 14.7. The van der Waals surface area contributed by atoms with Gasteiger partial charge in [-0.05, 0) is 53.4 Å². The summed E-state index contributed by atoms with van der Waals surface area (Å²) in [5.74, 6) is 0.587. The first-order valence-corrected chi connectivity index (χ1v) is 8.45. The number of hydrogen-bond acceptors (Lipinski definition) is 3. The summed E-state index contributed by atoms with van der Waals surface area (Å²) in [6.45, 7) is 4.82. The molecule has 21 heavy (non-hydrogen) atoms. The van der Waals surface area contributed by atoms with Crippen LogP contribution in [-0.4, -0.2) is 24.7 Å². The van der Waals surface area contributed by atoms with Crippen molar-refractivity contribution in [1.29, 1.82) is 0 Å². The topological polar surface area (TPSA) is 34.2 Å². The molecular formula is C17H21BrN2O. The lowest BCUT2D eigenvalue weighted by Crippen LogP contribution is -2.33. The molecule has 0 radical (unpaired) electrons. The van der Waals surface area contributed by atoms with Crippen LogP contribution in [0.4, 0.5) is 0 Å². The standard InChI is InChI=1S/C17H21BrN2O/c1-2-19-16(12-7-9-21-10-8-12)17-14(18)11-13-5-3-4-6-15(13)20-17/h3-6,11-12,16,19H,2,7-10H2,1H3. The van der Waals surface area contributed by atoms with E-state index in [4.69, 9.17) is 9.72 Å². The Bertz CT molecular complexity index is 611. The summed E-state index contributed by atoms with van der Waals surface area (Å²) in [5, 5.41) is 4.80. The second-order valence-electron chi connectivity index (χ2n) is 5.53. The van der Waals surface area contributed by atoms with Crippen molar-refractivity contribution >= 4 is 26.8 Å². The largest absolute Gasteiger partial charge is 0.381 e. The molecule has 1 atom stereocenters. The van der Waals surface area contributed by atoms with E-state index in [2.05, 4.69) is 52.4 Å².